The molecule has 3 rings (SSSR count). The quantitative estimate of drug-likeness (QED) is 0.203. The topological polar surface area (TPSA) is 161 Å². The Morgan fingerprint density at radius 1 is 1.24 bits per heavy atom. The fraction of sp³-hybridized carbons (Fsp3) is 1.00. The Kier molecular flexibility index (Phi) is 6.90. The number of thioether (sulfide) groups is 1. The van der Waals surface area contributed by atoms with Gasteiger partial charge in [0.25, 0.3) is 0 Å². The molecular weight excluding hydrogens is 348 g/mol. The molecule has 146 valence electrons. The summed E-state index contributed by atoms with van der Waals surface area (Å²) in [5.41, 5.74) is 11.7. The third-order valence-electron chi connectivity index (χ3n) is 5.06. The van der Waals surface area contributed by atoms with Gasteiger partial charge in [0.1, 0.15) is 18.4 Å². The molecule has 3 aliphatic heterocycles. The molecule has 0 radical (unpaired) electrons. The number of rotatable bonds is 7. The van der Waals surface area contributed by atoms with E-state index in [-0.39, 0.29) is 31.0 Å². The van der Waals surface area contributed by atoms with Gasteiger partial charge in [0.05, 0.1) is 37.8 Å². The van der Waals surface area contributed by atoms with Crippen LogP contribution in [0.4, 0.5) is 0 Å². The molecule has 0 aromatic carbocycles. The summed E-state index contributed by atoms with van der Waals surface area (Å²) in [6.45, 7) is 1.08. The van der Waals surface area contributed by atoms with E-state index in [1.807, 2.05) is 4.90 Å². The van der Waals surface area contributed by atoms with Crippen LogP contribution in [-0.2, 0) is 4.74 Å². The van der Waals surface area contributed by atoms with E-state index in [1.165, 1.54) is 0 Å². The van der Waals surface area contributed by atoms with Gasteiger partial charge < -0.3 is 31.5 Å². The summed E-state index contributed by atoms with van der Waals surface area (Å²) in [6.07, 6.45) is -2.47. The maximum atomic E-state index is 10.4. The minimum Gasteiger partial charge on any atom is -0.395 e. The van der Waals surface area contributed by atoms with Crippen LogP contribution in [0.25, 0.3) is 0 Å². The van der Waals surface area contributed by atoms with Crippen molar-refractivity contribution in [2.45, 2.75) is 55.4 Å². The summed E-state index contributed by atoms with van der Waals surface area (Å²) in [4.78, 5) is 1.98. The highest BCUT2D eigenvalue weighted by molar-refractivity contribution is 7.99. The highest BCUT2D eigenvalue weighted by Crippen LogP contribution is 2.30. The number of nitrogens with one attached hydrogen (secondary N) is 3. The lowest BCUT2D eigenvalue weighted by atomic mass is 10.1. The lowest BCUT2D eigenvalue weighted by Crippen LogP contribution is -2.68. The van der Waals surface area contributed by atoms with Gasteiger partial charge in [0.2, 0.25) is 0 Å². The number of hydrogen-bond acceptors (Lipinski definition) is 11. The predicted octanol–water partition coefficient (Wildman–Crippen LogP) is -4.13. The van der Waals surface area contributed by atoms with Crippen LogP contribution in [0.1, 0.15) is 6.42 Å². The molecule has 0 aromatic rings. The Bertz CT molecular complexity index is 438. The molecule has 10 N–H and O–H groups in total. The molecule has 10 nitrogen and oxygen atoms in total. The molecule has 4 unspecified atom stereocenters. The van der Waals surface area contributed by atoms with Crippen molar-refractivity contribution in [3.05, 3.63) is 0 Å². The van der Waals surface area contributed by atoms with Crippen molar-refractivity contribution in [2.75, 3.05) is 31.4 Å². The van der Waals surface area contributed by atoms with Gasteiger partial charge in [-0.15, -0.1) is 0 Å². The van der Waals surface area contributed by atoms with Crippen molar-refractivity contribution in [1.82, 2.24) is 20.9 Å². The first-order valence-corrected chi connectivity index (χ1v) is 9.85. The van der Waals surface area contributed by atoms with Gasteiger partial charge in [0.15, 0.2) is 0 Å². The summed E-state index contributed by atoms with van der Waals surface area (Å²) < 4.78 is 5.97. The smallest absolute Gasteiger partial charge is 0.142 e. The molecule has 3 heterocycles. The third kappa shape index (κ3) is 4.28. The van der Waals surface area contributed by atoms with E-state index >= 15 is 0 Å². The summed E-state index contributed by atoms with van der Waals surface area (Å²) in [5, 5.41) is 39.5. The van der Waals surface area contributed by atoms with Crippen LogP contribution in [0, 0.1) is 0 Å². The molecule has 3 fully saturated rings. The molecule has 3 saturated heterocycles. The molecule has 0 aromatic heterocycles. The van der Waals surface area contributed by atoms with Crippen LogP contribution in [0.2, 0.25) is 0 Å². The van der Waals surface area contributed by atoms with E-state index in [0.29, 0.717) is 25.5 Å². The molecule has 0 bridgehead atoms. The number of ether oxygens (including phenoxy) is 1. The average molecular weight is 378 g/mol. The standard InChI is InChI=1S/C14H30N6O4S/c15-7(3-21)1-2-25-4-8-10(22)11(23)14(24-8)20-6-19-9-12(16)17-5-18-13(9)20/h7-14,17-19,21-23H,1-6,15-16H2/t7?,8-,9?,10-,11-,12?,13?,14-/m1/s1. The Morgan fingerprint density at radius 3 is 2.80 bits per heavy atom. The second-order valence-corrected chi connectivity index (χ2v) is 7.96. The van der Waals surface area contributed by atoms with Gasteiger partial charge in [-0.05, 0) is 12.2 Å². The Morgan fingerprint density at radius 2 is 2.04 bits per heavy atom. The molecule has 8 atom stereocenters. The molecular formula is C14H30N6O4S. The van der Waals surface area contributed by atoms with Crippen LogP contribution in [0.5, 0.6) is 0 Å². The normalized spacial score (nSPS) is 43.3. The van der Waals surface area contributed by atoms with Crippen molar-refractivity contribution < 1.29 is 20.1 Å². The van der Waals surface area contributed by atoms with Gasteiger partial charge >= 0.3 is 0 Å². The SMILES string of the molecule is NC(CO)CCSC[C@H]1O[C@@H](N2CNC3C(N)NCNC32)[C@H](O)[C@@H]1O. The van der Waals surface area contributed by atoms with Gasteiger partial charge in [0, 0.05) is 18.5 Å². The molecule has 0 spiro atoms. The second kappa shape index (κ2) is 8.76. The summed E-state index contributed by atoms with van der Waals surface area (Å²) >= 11 is 1.60. The van der Waals surface area contributed by atoms with E-state index < -0.39 is 24.5 Å². The first-order chi connectivity index (χ1) is 12.0. The molecule has 11 heteroatoms. The first kappa shape index (κ1) is 19.7. The maximum absolute atomic E-state index is 10.4. The number of fused-ring (bicyclic) bond motifs is 1. The van der Waals surface area contributed by atoms with Crippen molar-refractivity contribution in [3.63, 3.8) is 0 Å². The van der Waals surface area contributed by atoms with Crippen LogP contribution in [0.3, 0.4) is 0 Å². The van der Waals surface area contributed by atoms with E-state index in [2.05, 4.69) is 16.0 Å². The second-order valence-electron chi connectivity index (χ2n) is 6.81. The molecule has 0 amide bonds. The van der Waals surface area contributed by atoms with Crippen LogP contribution in [0.15, 0.2) is 0 Å². The lowest BCUT2D eigenvalue weighted by Gasteiger charge is -2.38. The zero-order chi connectivity index (χ0) is 18.0. The Labute approximate surface area is 151 Å². The molecule has 3 aliphatic rings. The van der Waals surface area contributed by atoms with Crippen molar-refractivity contribution >= 4 is 11.8 Å². The number of aliphatic hydroxyl groups is 3. The van der Waals surface area contributed by atoms with Crippen molar-refractivity contribution in [2.24, 2.45) is 11.5 Å². The fourth-order valence-electron chi connectivity index (χ4n) is 3.52. The zero-order valence-electron chi connectivity index (χ0n) is 14.1. The van der Waals surface area contributed by atoms with E-state index in [1.54, 1.807) is 11.8 Å². The number of aliphatic hydroxyl groups excluding tert-OH is 3. The van der Waals surface area contributed by atoms with Gasteiger partial charge in [-0.1, -0.05) is 0 Å². The number of hydrogen-bond donors (Lipinski definition) is 8. The highest BCUT2D eigenvalue weighted by Gasteiger charge is 2.51. The Balaban J connectivity index is 1.52. The van der Waals surface area contributed by atoms with Gasteiger partial charge in [-0.25, -0.2) is 4.90 Å². The summed E-state index contributed by atoms with van der Waals surface area (Å²) in [6, 6.07) is -0.210. The van der Waals surface area contributed by atoms with E-state index in [9.17, 15) is 10.2 Å². The summed E-state index contributed by atoms with van der Waals surface area (Å²) in [7, 11) is 0. The minimum atomic E-state index is -0.973. The fourth-order valence-corrected chi connectivity index (χ4v) is 4.66. The molecule has 25 heavy (non-hydrogen) atoms. The van der Waals surface area contributed by atoms with Gasteiger partial charge in [-0.3, -0.25) is 16.0 Å². The zero-order valence-corrected chi connectivity index (χ0v) is 14.9. The average Bonchev–Trinajstić information content (AvgIpc) is 3.15. The molecule has 0 saturated carbocycles. The third-order valence-corrected chi connectivity index (χ3v) is 6.15. The van der Waals surface area contributed by atoms with Crippen LogP contribution < -0.4 is 27.4 Å². The minimum absolute atomic E-state index is 0.00934. The monoisotopic (exact) mass is 378 g/mol. The lowest BCUT2D eigenvalue weighted by molar-refractivity contribution is -0.0994. The molecule has 0 aliphatic carbocycles. The van der Waals surface area contributed by atoms with E-state index in [0.717, 1.165) is 5.75 Å². The number of nitrogens with zero attached hydrogens (tertiary/aromatic N) is 1. The summed E-state index contributed by atoms with van der Waals surface area (Å²) in [5.74, 6) is 1.34. The highest BCUT2D eigenvalue weighted by atomic mass is 32.2. The first-order valence-electron chi connectivity index (χ1n) is 8.70. The van der Waals surface area contributed by atoms with Crippen molar-refractivity contribution in [1.29, 1.82) is 0 Å². The largest absolute Gasteiger partial charge is 0.395 e. The van der Waals surface area contributed by atoms with Crippen LogP contribution >= 0.6 is 11.8 Å². The van der Waals surface area contributed by atoms with Gasteiger partial charge in [-0.2, -0.15) is 11.8 Å². The van der Waals surface area contributed by atoms with E-state index in [4.69, 9.17) is 21.3 Å². The number of nitrogens with two attached hydrogens (primary N) is 2. The predicted molar refractivity (Wildman–Crippen MR) is 94.2 cm³/mol. The Hall–Kier alpha value is -0.0500. The maximum Gasteiger partial charge on any atom is 0.142 e. The van der Waals surface area contributed by atoms with Crippen LogP contribution in [-0.4, -0.2) is 101 Å². The van der Waals surface area contributed by atoms with Crippen molar-refractivity contribution in [3.8, 4) is 0 Å².